The van der Waals surface area contributed by atoms with Crippen molar-refractivity contribution in [3.63, 3.8) is 0 Å². The van der Waals surface area contributed by atoms with E-state index in [1.54, 1.807) is 7.05 Å². The summed E-state index contributed by atoms with van der Waals surface area (Å²) in [4.78, 5) is 25.2. The van der Waals surface area contributed by atoms with Crippen LogP contribution in [0.1, 0.15) is 19.3 Å². The minimum Gasteiger partial charge on any atom is -0.481 e. The zero-order chi connectivity index (χ0) is 13.8. The topological polar surface area (TPSA) is 110 Å². The number of carbonyl (C=O) groups excluding carboxylic acids is 1. The molecule has 0 amide bonds. The van der Waals surface area contributed by atoms with E-state index in [-0.39, 0.29) is 13.2 Å². The quantitative estimate of drug-likeness (QED) is 0.219. The van der Waals surface area contributed by atoms with Crippen molar-refractivity contribution in [2.75, 3.05) is 27.5 Å². The van der Waals surface area contributed by atoms with E-state index in [1.807, 2.05) is 0 Å². The maximum absolute atomic E-state index is 10.5. The van der Waals surface area contributed by atoms with Gasteiger partial charge < -0.3 is 19.4 Å². The third kappa shape index (κ3) is 10.5. The predicted molar refractivity (Wildman–Crippen MR) is 58.4 cm³/mol. The highest BCUT2D eigenvalue weighted by molar-refractivity contribution is 5.66. The van der Waals surface area contributed by atoms with E-state index < -0.39 is 12.1 Å². The molecule has 0 heterocycles. The molecule has 104 valence electrons. The van der Waals surface area contributed by atoms with Gasteiger partial charge in [-0.3, -0.25) is 9.80 Å². The van der Waals surface area contributed by atoms with Crippen LogP contribution >= 0.6 is 0 Å². The molecule has 18 heavy (non-hydrogen) atoms. The van der Waals surface area contributed by atoms with Crippen molar-refractivity contribution < 1.29 is 29.0 Å². The monoisotopic (exact) mass is 263 g/mol. The highest BCUT2D eigenvalue weighted by atomic mass is 16.8. The molecule has 0 rings (SSSR count). The van der Waals surface area contributed by atoms with E-state index in [9.17, 15) is 9.59 Å². The Labute approximate surface area is 104 Å². The molecular weight excluding hydrogens is 246 g/mol. The van der Waals surface area contributed by atoms with Crippen molar-refractivity contribution >= 4 is 12.1 Å². The summed E-state index contributed by atoms with van der Waals surface area (Å²) in [5, 5.41) is 16.8. The van der Waals surface area contributed by atoms with Gasteiger partial charge in [0.2, 0.25) is 0 Å². The van der Waals surface area contributed by atoms with E-state index in [0.717, 1.165) is 0 Å². The van der Waals surface area contributed by atoms with Crippen LogP contribution in [0, 0.1) is 0 Å². The van der Waals surface area contributed by atoms with E-state index in [4.69, 9.17) is 5.11 Å². The Hall–Kier alpha value is -2.06. The number of rotatable bonds is 9. The number of nitrogens with zero attached hydrogens (tertiary/aromatic N) is 3. The molecule has 0 aliphatic heterocycles. The van der Waals surface area contributed by atoms with Gasteiger partial charge in [-0.25, -0.2) is 4.79 Å². The second-order valence-corrected chi connectivity index (χ2v) is 3.25. The van der Waals surface area contributed by atoms with Crippen molar-refractivity contribution in [3.8, 4) is 0 Å². The number of hydrogen-bond acceptors (Lipinski definition) is 7. The zero-order valence-corrected chi connectivity index (χ0v) is 10.4. The zero-order valence-electron chi connectivity index (χ0n) is 10.4. The molecule has 0 radical (unpaired) electrons. The van der Waals surface area contributed by atoms with Gasteiger partial charge in [-0.05, 0) is 18.1 Å². The van der Waals surface area contributed by atoms with Crippen LogP contribution in [0.3, 0.4) is 0 Å². The summed E-state index contributed by atoms with van der Waals surface area (Å²) >= 11 is 0. The number of carbonyl (C=O) groups is 2. The third-order valence-corrected chi connectivity index (χ3v) is 1.77. The molecule has 1 N–H and O–H groups in total. The Morgan fingerprint density at radius 1 is 1.33 bits per heavy atom. The van der Waals surface area contributed by atoms with Gasteiger partial charge in [0.1, 0.15) is 0 Å². The molecule has 0 aromatic rings. The van der Waals surface area contributed by atoms with Gasteiger partial charge in [0, 0.05) is 25.3 Å². The predicted octanol–water partition coefficient (Wildman–Crippen LogP) is 1.21. The standard InChI is InChI=1S/C9H17N3O6/c1-12(6-4-3-5-8(13)14)10-11-18-7-17-9(15)16-2/h3-7H2,1-2H3,(H,13,14)/b11-10-. The van der Waals surface area contributed by atoms with Gasteiger partial charge in [0.25, 0.3) is 6.79 Å². The average Bonchev–Trinajstić information content (AvgIpc) is 2.33. The number of carboxylic acid groups (broad SMARTS) is 1. The summed E-state index contributed by atoms with van der Waals surface area (Å²) in [6.45, 7) is 0.168. The number of hydrogen-bond donors (Lipinski definition) is 1. The maximum atomic E-state index is 10.5. The molecule has 9 nitrogen and oxygen atoms in total. The summed E-state index contributed by atoms with van der Waals surface area (Å²) in [6, 6.07) is 0. The molecule has 0 bridgehead atoms. The second-order valence-electron chi connectivity index (χ2n) is 3.25. The largest absolute Gasteiger partial charge is 0.510 e. The van der Waals surface area contributed by atoms with Crippen LogP contribution in [0.15, 0.2) is 10.5 Å². The number of aliphatic carboxylic acids is 1. The Bertz CT molecular complexity index is 283. The van der Waals surface area contributed by atoms with Crippen LogP contribution in [0.5, 0.6) is 0 Å². The van der Waals surface area contributed by atoms with E-state index in [2.05, 4.69) is 24.8 Å². The van der Waals surface area contributed by atoms with Gasteiger partial charge >= 0.3 is 12.1 Å². The van der Waals surface area contributed by atoms with Crippen LogP contribution in [-0.4, -0.2) is 49.7 Å². The molecule has 0 atom stereocenters. The van der Waals surface area contributed by atoms with E-state index in [0.29, 0.717) is 19.4 Å². The fourth-order valence-corrected chi connectivity index (χ4v) is 0.907. The van der Waals surface area contributed by atoms with Gasteiger partial charge in [0.15, 0.2) is 0 Å². The highest BCUT2D eigenvalue weighted by Gasteiger charge is 2.00. The van der Waals surface area contributed by atoms with E-state index in [1.165, 1.54) is 12.1 Å². The Balaban J connectivity index is 3.47. The van der Waals surface area contributed by atoms with Crippen molar-refractivity contribution in [3.05, 3.63) is 0 Å². The van der Waals surface area contributed by atoms with Crippen molar-refractivity contribution in [2.45, 2.75) is 19.3 Å². The molecule has 0 spiro atoms. The summed E-state index contributed by atoms with van der Waals surface area (Å²) in [6.07, 6.45) is 0.517. The second kappa shape index (κ2) is 10.1. The molecular formula is C9H17N3O6. The number of carboxylic acids is 1. The molecule has 0 aromatic carbocycles. The van der Waals surface area contributed by atoms with Crippen molar-refractivity contribution in [2.24, 2.45) is 10.5 Å². The number of unbranched alkanes of at least 4 members (excludes halogenated alkanes) is 1. The fourth-order valence-electron chi connectivity index (χ4n) is 0.907. The molecule has 0 fully saturated rings. The van der Waals surface area contributed by atoms with Crippen molar-refractivity contribution in [1.82, 2.24) is 5.01 Å². The first-order valence-corrected chi connectivity index (χ1v) is 5.23. The van der Waals surface area contributed by atoms with Crippen LogP contribution < -0.4 is 0 Å². The molecule has 0 saturated heterocycles. The van der Waals surface area contributed by atoms with Crippen molar-refractivity contribution in [1.29, 1.82) is 0 Å². The lowest BCUT2D eigenvalue weighted by Gasteiger charge is -2.09. The van der Waals surface area contributed by atoms with Crippen LogP contribution in [0.25, 0.3) is 0 Å². The Morgan fingerprint density at radius 3 is 2.67 bits per heavy atom. The smallest absolute Gasteiger partial charge is 0.481 e. The minimum absolute atomic E-state index is 0.133. The lowest BCUT2D eigenvalue weighted by molar-refractivity contribution is -0.137. The first-order chi connectivity index (χ1) is 8.56. The Kier molecular flexibility index (Phi) is 8.96. The van der Waals surface area contributed by atoms with Crippen LogP contribution in [0.4, 0.5) is 4.79 Å². The number of methoxy groups -OCH3 is 1. The normalized spacial score (nSPS) is 10.1. The maximum Gasteiger partial charge on any atom is 0.510 e. The SMILES string of the molecule is COC(=O)OCO/N=N\N(C)CCCCC(=O)O. The first kappa shape index (κ1) is 15.9. The van der Waals surface area contributed by atoms with Gasteiger partial charge in [-0.15, -0.1) is 0 Å². The molecule has 0 aliphatic carbocycles. The fraction of sp³-hybridized carbons (Fsp3) is 0.778. The Morgan fingerprint density at radius 2 is 2.06 bits per heavy atom. The van der Waals surface area contributed by atoms with Gasteiger partial charge in [-0.1, -0.05) is 0 Å². The van der Waals surface area contributed by atoms with Gasteiger partial charge in [-0.2, -0.15) is 0 Å². The summed E-state index contributed by atoms with van der Waals surface area (Å²) in [5.74, 6) is -0.817. The van der Waals surface area contributed by atoms with Crippen LogP contribution in [-0.2, 0) is 19.1 Å². The first-order valence-electron chi connectivity index (χ1n) is 5.23. The summed E-state index contributed by atoms with van der Waals surface area (Å²) < 4.78 is 8.57. The highest BCUT2D eigenvalue weighted by Crippen LogP contribution is 1.98. The lowest BCUT2D eigenvalue weighted by Crippen LogP contribution is -2.12. The minimum atomic E-state index is -0.868. The summed E-state index contributed by atoms with van der Waals surface area (Å²) in [7, 11) is 2.84. The van der Waals surface area contributed by atoms with Gasteiger partial charge in [0.05, 0.1) is 7.11 Å². The van der Waals surface area contributed by atoms with E-state index >= 15 is 0 Å². The summed E-state index contributed by atoms with van der Waals surface area (Å²) in [5.41, 5.74) is 0. The average molecular weight is 263 g/mol. The molecule has 9 heteroatoms. The number of ether oxygens (including phenoxy) is 2. The molecule has 0 saturated carbocycles. The van der Waals surface area contributed by atoms with Crippen LogP contribution in [0.2, 0.25) is 0 Å². The molecule has 0 aliphatic rings. The third-order valence-electron chi connectivity index (χ3n) is 1.77. The lowest BCUT2D eigenvalue weighted by atomic mass is 10.2. The molecule has 0 aromatic heterocycles. The molecule has 0 unspecified atom stereocenters.